The van der Waals surface area contributed by atoms with Crippen LogP contribution in [0.1, 0.15) is 24.7 Å². The molecule has 0 radical (unpaired) electrons. The van der Waals surface area contributed by atoms with Crippen molar-refractivity contribution in [1.29, 1.82) is 5.26 Å². The summed E-state index contributed by atoms with van der Waals surface area (Å²) in [6, 6.07) is 10.7. The van der Waals surface area contributed by atoms with Gasteiger partial charge in [-0.25, -0.2) is 4.79 Å². The third-order valence-corrected chi connectivity index (χ3v) is 3.85. The van der Waals surface area contributed by atoms with Crippen LogP contribution in [0.4, 0.5) is 11.5 Å². The molecule has 1 unspecified atom stereocenters. The van der Waals surface area contributed by atoms with Crippen LogP contribution in [0.25, 0.3) is 6.08 Å². The van der Waals surface area contributed by atoms with Gasteiger partial charge in [0.2, 0.25) is 0 Å². The second kappa shape index (κ2) is 9.37. The Balaban J connectivity index is 2.08. The Bertz CT molecular complexity index is 907. The highest BCUT2D eigenvalue weighted by molar-refractivity contribution is 6.01. The fourth-order valence-corrected chi connectivity index (χ4v) is 2.32. The summed E-state index contributed by atoms with van der Waals surface area (Å²) in [5, 5.41) is 15.5. The van der Waals surface area contributed by atoms with Gasteiger partial charge in [0.15, 0.2) is 11.9 Å². The molecule has 0 aliphatic carbocycles. The van der Waals surface area contributed by atoms with Crippen LogP contribution in [0.15, 0.2) is 40.4 Å². The van der Waals surface area contributed by atoms with Gasteiger partial charge in [-0.1, -0.05) is 24.2 Å². The van der Waals surface area contributed by atoms with Gasteiger partial charge in [-0.15, -0.1) is 0 Å². The monoisotopic (exact) mass is 382 g/mol. The fourth-order valence-electron chi connectivity index (χ4n) is 2.32. The van der Waals surface area contributed by atoms with Gasteiger partial charge in [-0.2, -0.15) is 5.26 Å². The molecule has 2 aromatic rings. The normalized spacial score (nSPS) is 12.0. The van der Waals surface area contributed by atoms with Crippen LogP contribution in [0, 0.1) is 18.3 Å². The van der Waals surface area contributed by atoms with Gasteiger partial charge in [0, 0.05) is 25.8 Å². The molecular weight excluding hydrogens is 360 g/mol. The number of anilines is 2. The fraction of sp³-hybridized carbons (Fsp3) is 0.300. The number of carbonyl (C=O) groups excluding carboxylic acids is 2. The minimum atomic E-state index is -1.06. The molecule has 8 heteroatoms. The molecule has 146 valence electrons. The molecule has 0 saturated carbocycles. The lowest BCUT2D eigenvalue weighted by molar-refractivity contribution is -0.150. The molecule has 1 aromatic heterocycles. The zero-order chi connectivity index (χ0) is 20.7. The Hall–Kier alpha value is -3.60. The highest BCUT2D eigenvalue weighted by Gasteiger charge is 2.24. The van der Waals surface area contributed by atoms with Crippen molar-refractivity contribution in [3.63, 3.8) is 0 Å². The maximum atomic E-state index is 12.3. The van der Waals surface area contributed by atoms with Crippen molar-refractivity contribution in [3.05, 3.63) is 47.2 Å². The van der Waals surface area contributed by atoms with Gasteiger partial charge in [0.1, 0.15) is 17.4 Å². The quantitative estimate of drug-likeness (QED) is 0.445. The molecule has 0 fully saturated rings. The molecule has 0 spiro atoms. The summed E-state index contributed by atoms with van der Waals surface area (Å²) in [6.45, 7) is 3.39. The van der Waals surface area contributed by atoms with E-state index in [0.717, 1.165) is 5.69 Å². The molecular formula is C20H22N4O4. The Morgan fingerprint density at radius 3 is 2.54 bits per heavy atom. The van der Waals surface area contributed by atoms with E-state index in [4.69, 9.17) is 9.26 Å². The number of hydrogen-bond donors (Lipinski definition) is 1. The van der Waals surface area contributed by atoms with Gasteiger partial charge < -0.3 is 19.5 Å². The van der Waals surface area contributed by atoms with Gasteiger partial charge in [0.25, 0.3) is 5.91 Å². The number of rotatable bonds is 7. The molecule has 1 aromatic carbocycles. The Labute approximate surface area is 163 Å². The van der Waals surface area contributed by atoms with E-state index < -0.39 is 18.0 Å². The number of aryl methyl sites for hydroxylation is 1. The first-order valence-corrected chi connectivity index (χ1v) is 8.68. The SMILES string of the molecule is CCC(OC(=O)/C(C#N)=C/c1ccc(N(C)C)cc1)C(=O)Nc1cc(C)on1. The van der Waals surface area contributed by atoms with E-state index in [2.05, 4.69) is 10.5 Å². The van der Waals surface area contributed by atoms with Crippen LogP contribution in [-0.2, 0) is 14.3 Å². The number of nitrogens with one attached hydrogen (secondary N) is 1. The van der Waals surface area contributed by atoms with Gasteiger partial charge in [-0.3, -0.25) is 4.79 Å². The number of aromatic nitrogens is 1. The number of hydrogen-bond acceptors (Lipinski definition) is 7. The molecule has 1 atom stereocenters. The lowest BCUT2D eigenvalue weighted by Gasteiger charge is -2.15. The van der Waals surface area contributed by atoms with E-state index in [-0.39, 0.29) is 17.8 Å². The zero-order valence-corrected chi connectivity index (χ0v) is 16.2. The van der Waals surface area contributed by atoms with Crippen molar-refractivity contribution in [2.24, 2.45) is 0 Å². The molecule has 1 heterocycles. The number of nitriles is 1. The van der Waals surface area contributed by atoms with E-state index in [9.17, 15) is 14.9 Å². The summed E-state index contributed by atoms with van der Waals surface area (Å²) in [7, 11) is 3.83. The first-order valence-electron chi connectivity index (χ1n) is 8.68. The van der Waals surface area contributed by atoms with Crippen molar-refractivity contribution < 1.29 is 18.8 Å². The molecule has 8 nitrogen and oxygen atoms in total. The minimum Gasteiger partial charge on any atom is -0.448 e. The summed E-state index contributed by atoms with van der Waals surface area (Å²) in [5.74, 6) is -0.640. The van der Waals surface area contributed by atoms with Crippen LogP contribution in [0.3, 0.4) is 0 Å². The van der Waals surface area contributed by atoms with Crippen LogP contribution < -0.4 is 10.2 Å². The first-order chi connectivity index (χ1) is 13.3. The average molecular weight is 382 g/mol. The van der Waals surface area contributed by atoms with Crippen LogP contribution >= 0.6 is 0 Å². The number of esters is 1. The lowest BCUT2D eigenvalue weighted by atomic mass is 10.1. The summed E-state index contributed by atoms with van der Waals surface area (Å²) in [4.78, 5) is 26.6. The zero-order valence-electron chi connectivity index (χ0n) is 16.2. The number of carbonyl (C=O) groups is 2. The van der Waals surface area contributed by atoms with E-state index in [1.165, 1.54) is 6.08 Å². The summed E-state index contributed by atoms with van der Waals surface area (Å²) in [5.41, 5.74) is 1.47. The first kappa shape index (κ1) is 20.7. The molecule has 28 heavy (non-hydrogen) atoms. The van der Waals surface area contributed by atoms with Gasteiger partial charge in [0.05, 0.1) is 0 Å². The Morgan fingerprint density at radius 1 is 1.36 bits per heavy atom. The highest BCUT2D eigenvalue weighted by Crippen LogP contribution is 2.16. The maximum Gasteiger partial charge on any atom is 0.349 e. The Kier molecular flexibility index (Phi) is 6.93. The topological polar surface area (TPSA) is 108 Å². The molecule has 0 bridgehead atoms. The van der Waals surface area contributed by atoms with E-state index in [1.807, 2.05) is 37.2 Å². The molecule has 1 amide bonds. The third kappa shape index (κ3) is 5.45. The molecule has 2 rings (SSSR count). The molecule has 0 saturated heterocycles. The molecule has 0 aliphatic heterocycles. The molecule has 1 N–H and O–H groups in total. The third-order valence-electron chi connectivity index (χ3n) is 3.85. The number of nitrogens with zero attached hydrogens (tertiary/aromatic N) is 3. The van der Waals surface area contributed by atoms with Crippen LogP contribution in [0.2, 0.25) is 0 Å². The van der Waals surface area contributed by atoms with Gasteiger partial charge >= 0.3 is 5.97 Å². The standard InChI is InChI=1S/C20H22N4O4/c1-5-17(19(25)22-18-10-13(2)28-23-18)27-20(26)15(12-21)11-14-6-8-16(9-7-14)24(3)4/h6-11,17H,5H2,1-4H3,(H,22,23,25)/b15-11+. The van der Waals surface area contributed by atoms with Crippen molar-refractivity contribution in [3.8, 4) is 6.07 Å². The largest absolute Gasteiger partial charge is 0.448 e. The van der Waals surface area contributed by atoms with Crippen LogP contribution in [0.5, 0.6) is 0 Å². The number of benzene rings is 1. The van der Waals surface area contributed by atoms with E-state index >= 15 is 0 Å². The van der Waals surface area contributed by atoms with E-state index in [0.29, 0.717) is 11.3 Å². The van der Waals surface area contributed by atoms with Crippen LogP contribution in [-0.4, -0.2) is 37.2 Å². The average Bonchev–Trinajstić information content (AvgIpc) is 3.08. The smallest absolute Gasteiger partial charge is 0.349 e. The van der Waals surface area contributed by atoms with Gasteiger partial charge in [-0.05, 0) is 37.1 Å². The lowest BCUT2D eigenvalue weighted by Crippen LogP contribution is -2.32. The number of amides is 1. The highest BCUT2D eigenvalue weighted by atomic mass is 16.5. The number of ether oxygens (including phenoxy) is 1. The molecule has 0 aliphatic rings. The minimum absolute atomic E-state index is 0.193. The predicted octanol–water partition coefficient (Wildman–Crippen LogP) is 2.92. The maximum absolute atomic E-state index is 12.3. The summed E-state index contributed by atoms with van der Waals surface area (Å²) < 4.78 is 10.1. The predicted molar refractivity (Wildman–Crippen MR) is 104 cm³/mol. The summed E-state index contributed by atoms with van der Waals surface area (Å²) >= 11 is 0. The Morgan fingerprint density at radius 2 is 2.04 bits per heavy atom. The second-order valence-corrected chi connectivity index (χ2v) is 6.27. The van der Waals surface area contributed by atoms with Crippen molar-refractivity contribution in [2.45, 2.75) is 26.4 Å². The van der Waals surface area contributed by atoms with Crippen molar-refractivity contribution in [2.75, 3.05) is 24.3 Å². The summed E-state index contributed by atoms with van der Waals surface area (Å²) in [6.07, 6.45) is 0.607. The van der Waals surface area contributed by atoms with Crippen molar-refractivity contribution in [1.82, 2.24) is 5.16 Å². The van der Waals surface area contributed by atoms with Crippen molar-refractivity contribution >= 4 is 29.5 Å². The second-order valence-electron chi connectivity index (χ2n) is 6.27. The van der Waals surface area contributed by atoms with E-state index in [1.54, 1.807) is 32.0 Å².